The van der Waals surface area contributed by atoms with E-state index in [4.69, 9.17) is 23.2 Å². The van der Waals surface area contributed by atoms with Gasteiger partial charge in [-0.3, -0.25) is 9.59 Å². The van der Waals surface area contributed by atoms with Crippen LogP contribution in [0, 0.1) is 6.92 Å². The first-order valence-corrected chi connectivity index (χ1v) is 8.22. The third kappa shape index (κ3) is 4.98. The second kappa shape index (κ2) is 8.18. The highest BCUT2D eigenvalue weighted by atomic mass is 35.5. The van der Waals surface area contributed by atoms with Crippen LogP contribution in [0.5, 0.6) is 0 Å². The third-order valence-corrected chi connectivity index (χ3v) is 3.93. The van der Waals surface area contributed by atoms with Gasteiger partial charge in [-0.1, -0.05) is 41.4 Å². The Morgan fingerprint density at radius 2 is 1.71 bits per heavy atom. The number of hydrogen-bond acceptors (Lipinski definition) is 2. The van der Waals surface area contributed by atoms with Crippen LogP contribution in [0.1, 0.15) is 18.9 Å². The van der Waals surface area contributed by atoms with Gasteiger partial charge in [0.05, 0.1) is 0 Å². The van der Waals surface area contributed by atoms with Crippen molar-refractivity contribution in [1.29, 1.82) is 0 Å². The maximum absolute atomic E-state index is 12.1. The van der Waals surface area contributed by atoms with Crippen molar-refractivity contribution < 1.29 is 9.59 Å². The summed E-state index contributed by atoms with van der Waals surface area (Å²) in [5.74, 6) is -0.323. The van der Waals surface area contributed by atoms with E-state index in [1.165, 1.54) is 6.92 Å². The fraction of sp³-hybridized carbons (Fsp3) is 0.222. The number of amides is 2. The molecule has 6 heteroatoms. The maximum Gasteiger partial charge on any atom is 0.226 e. The molecule has 0 unspecified atom stereocenters. The van der Waals surface area contributed by atoms with Crippen molar-refractivity contribution in [2.45, 2.75) is 20.3 Å². The van der Waals surface area contributed by atoms with E-state index in [1.807, 2.05) is 31.2 Å². The van der Waals surface area contributed by atoms with Crippen molar-refractivity contribution in [1.82, 2.24) is 0 Å². The minimum atomic E-state index is -0.215. The second-order valence-corrected chi connectivity index (χ2v) is 6.29. The van der Waals surface area contributed by atoms with Crippen LogP contribution < -0.4 is 10.2 Å². The van der Waals surface area contributed by atoms with Crippen LogP contribution in [-0.4, -0.2) is 18.4 Å². The number of nitrogens with zero attached hydrogens (tertiary/aromatic N) is 1. The summed E-state index contributed by atoms with van der Waals surface area (Å²) in [6.45, 7) is 3.71. The number of carbonyl (C=O) groups excluding carboxylic acids is 2. The first-order valence-electron chi connectivity index (χ1n) is 7.46. The molecule has 0 fully saturated rings. The number of hydrogen-bond donors (Lipinski definition) is 1. The lowest BCUT2D eigenvalue weighted by molar-refractivity contribution is -0.117. The molecule has 24 heavy (non-hydrogen) atoms. The molecule has 0 saturated heterocycles. The van der Waals surface area contributed by atoms with E-state index in [1.54, 1.807) is 23.1 Å². The number of benzene rings is 2. The second-order valence-electron chi connectivity index (χ2n) is 5.41. The Bertz CT molecular complexity index is 742. The summed E-state index contributed by atoms with van der Waals surface area (Å²) in [7, 11) is 0. The fourth-order valence-electron chi connectivity index (χ4n) is 2.38. The van der Waals surface area contributed by atoms with Gasteiger partial charge in [0.15, 0.2) is 0 Å². The molecule has 0 bridgehead atoms. The standard InChI is InChI=1S/C18H18Cl2N2O2/c1-12-5-3-4-6-17(12)22(13(2)23)8-7-18(24)21-16-10-14(19)9-15(20)11-16/h3-6,9-11H,7-8H2,1-2H3,(H,21,24). The van der Waals surface area contributed by atoms with Crippen LogP contribution in [0.4, 0.5) is 11.4 Å². The number of anilines is 2. The molecule has 0 radical (unpaired) electrons. The molecule has 126 valence electrons. The van der Waals surface area contributed by atoms with Gasteiger partial charge < -0.3 is 10.2 Å². The number of rotatable bonds is 5. The zero-order valence-corrected chi connectivity index (χ0v) is 15.0. The van der Waals surface area contributed by atoms with E-state index in [9.17, 15) is 9.59 Å². The Hall–Kier alpha value is -2.04. The predicted octanol–water partition coefficient (Wildman–Crippen LogP) is 4.68. The average Bonchev–Trinajstić information content (AvgIpc) is 2.47. The molecule has 2 aromatic rings. The SMILES string of the molecule is CC(=O)N(CCC(=O)Nc1cc(Cl)cc(Cl)c1)c1ccccc1C. The van der Waals surface area contributed by atoms with Crippen molar-refractivity contribution in [3.05, 3.63) is 58.1 Å². The average molecular weight is 365 g/mol. The molecule has 4 nitrogen and oxygen atoms in total. The van der Waals surface area contributed by atoms with E-state index in [-0.39, 0.29) is 18.2 Å². The topological polar surface area (TPSA) is 49.4 Å². The molecule has 0 spiro atoms. The highest BCUT2D eigenvalue weighted by Crippen LogP contribution is 2.23. The van der Waals surface area contributed by atoms with Gasteiger partial charge in [0, 0.05) is 41.3 Å². The fourth-order valence-corrected chi connectivity index (χ4v) is 2.90. The normalized spacial score (nSPS) is 10.3. The number of carbonyl (C=O) groups is 2. The van der Waals surface area contributed by atoms with Crippen molar-refractivity contribution in [2.24, 2.45) is 0 Å². The number of halogens is 2. The molecule has 0 heterocycles. The van der Waals surface area contributed by atoms with E-state index in [2.05, 4.69) is 5.32 Å². The van der Waals surface area contributed by atoms with Crippen LogP contribution in [0.15, 0.2) is 42.5 Å². The molecule has 0 saturated carbocycles. The van der Waals surface area contributed by atoms with Gasteiger partial charge in [-0.2, -0.15) is 0 Å². The summed E-state index contributed by atoms with van der Waals surface area (Å²) >= 11 is 11.8. The molecule has 0 atom stereocenters. The Morgan fingerprint density at radius 3 is 2.29 bits per heavy atom. The summed E-state index contributed by atoms with van der Waals surface area (Å²) in [5.41, 5.74) is 2.32. The van der Waals surface area contributed by atoms with Crippen LogP contribution >= 0.6 is 23.2 Å². The van der Waals surface area contributed by atoms with Crippen molar-refractivity contribution in [2.75, 3.05) is 16.8 Å². The van der Waals surface area contributed by atoms with E-state index in [0.29, 0.717) is 22.3 Å². The van der Waals surface area contributed by atoms with Gasteiger partial charge >= 0.3 is 0 Å². The molecule has 2 rings (SSSR count). The zero-order valence-electron chi connectivity index (χ0n) is 13.5. The Kier molecular flexibility index (Phi) is 6.23. The monoisotopic (exact) mass is 364 g/mol. The highest BCUT2D eigenvalue weighted by Gasteiger charge is 2.15. The summed E-state index contributed by atoms with van der Waals surface area (Å²) in [4.78, 5) is 25.7. The van der Waals surface area contributed by atoms with E-state index < -0.39 is 0 Å². The van der Waals surface area contributed by atoms with Gasteiger partial charge in [0.2, 0.25) is 11.8 Å². The molecular formula is C18H18Cl2N2O2. The van der Waals surface area contributed by atoms with Gasteiger partial charge in [-0.25, -0.2) is 0 Å². The highest BCUT2D eigenvalue weighted by molar-refractivity contribution is 6.35. The molecule has 0 aromatic heterocycles. The van der Waals surface area contributed by atoms with Gasteiger partial charge in [-0.05, 0) is 36.8 Å². The van der Waals surface area contributed by atoms with E-state index >= 15 is 0 Å². The lowest BCUT2D eigenvalue weighted by Gasteiger charge is -2.22. The van der Waals surface area contributed by atoms with Crippen molar-refractivity contribution >= 4 is 46.4 Å². The minimum absolute atomic E-state index is 0.108. The zero-order chi connectivity index (χ0) is 17.7. The smallest absolute Gasteiger partial charge is 0.226 e. The molecular weight excluding hydrogens is 347 g/mol. The summed E-state index contributed by atoms with van der Waals surface area (Å²) in [6.07, 6.45) is 0.165. The molecule has 0 aliphatic carbocycles. The molecule has 2 amide bonds. The maximum atomic E-state index is 12.1. The molecule has 2 aromatic carbocycles. The van der Waals surface area contributed by atoms with Gasteiger partial charge in [0.1, 0.15) is 0 Å². The summed E-state index contributed by atoms with van der Waals surface area (Å²) < 4.78 is 0. The Labute approximate surface area is 151 Å². The van der Waals surface area contributed by atoms with E-state index in [0.717, 1.165) is 11.3 Å². The van der Waals surface area contributed by atoms with Gasteiger partial charge in [-0.15, -0.1) is 0 Å². The number of para-hydroxylation sites is 1. The Morgan fingerprint density at radius 1 is 1.08 bits per heavy atom. The first-order chi connectivity index (χ1) is 11.4. The van der Waals surface area contributed by atoms with Crippen LogP contribution in [0.2, 0.25) is 10.0 Å². The molecule has 1 N–H and O–H groups in total. The van der Waals surface area contributed by atoms with Gasteiger partial charge in [0.25, 0.3) is 0 Å². The predicted molar refractivity (Wildman–Crippen MR) is 98.9 cm³/mol. The molecule has 0 aliphatic rings. The first kappa shape index (κ1) is 18.3. The minimum Gasteiger partial charge on any atom is -0.326 e. The lowest BCUT2D eigenvalue weighted by atomic mass is 10.1. The largest absolute Gasteiger partial charge is 0.326 e. The number of nitrogens with one attached hydrogen (secondary N) is 1. The van der Waals surface area contributed by atoms with Crippen molar-refractivity contribution in [3.8, 4) is 0 Å². The van der Waals surface area contributed by atoms with Crippen molar-refractivity contribution in [3.63, 3.8) is 0 Å². The van der Waals surface area contributed by atoms with Crippen LogP contribution in [0.3, 0.4) is 0 Å². The number of aryl methyl sites for hydroxylation is 1. The Balaban J connectivity index is 2.03. The third-order valence-electron chi connectivity index (χ3n) is 3.50. The lowest BCUT2D eigenvalue weighted by Crippen LogP contribution is -2.32. The quantitative estimate of drug-likeness (QED) is 0.836. The van der Waals surface area contributed by atoms with Crippen LogP contribution in [-0.2, 0) is 9.59 Å². The van der Waals surface area contributed by atoms with Crippen LogP contribution in [0.25, 0.3) is 0 Å². The summed E-state index contributed by atoms with van der Waals surface area (Å²) in [5, 5.41) is 3.63. The summed E-state index contributed by atoms with van der Waals surface area (Å²) in [6, 6.07) is 12.4. The molecule has 0 aliphatic heterocycles.